The van der Waals surface area contributed by atoms with Crippen molar-refractivity contribution < 1.29 is 19.1 Å². The summed E-state index contributed by atoms with van der Waals surface area (Å²) in [6.07, 6.45) is 4.69. The van der Waals surface area contributed by atoms with Crippen LogP contribution in [0.15, 0.2) is 77.2 Å². The molecule has 28 heavy (non-hydrogen) atoms. The van der Waals surface area contributed by atoms with Crippen molar-refractivity contribution in [1.82, 2.24) is 9.88 Å². The van der Waals surface area contributed by atoms with Gasteiger partial charge in [-0.25, -0.2) is 0 Å². The lowest BCUT2D eigenvalue weighted by atomic mass is 9.99. The summed E-state index contributed by atoms with van der Waals surface area (Å²) in [6.45, 7) is 0.176. The van der Waals surface area contributed by atoms with Crippen LogP contribution in [0, 0.1) is 0 Å². The fraction of sp³-hybridized carbons (Fsp3) is 0.0952. The van der Waals surface area contributed by atoms with Gasteiger partial charge in [-0.15, -0.1) is 0 Å². The van der Waals surface area contributed by atoms with Gasteiger partial charge in [0.1, 0.15) is 17.6 Å². The number of aromatic nitrogens is 1. The summed E-state index contributed by atoms with van der Waals surface area (Å²) in [5, 5.41) is 11.3. The number of hydrogen-bond acceptors (Lipinski definition) is 5. The van der Waals surface area contributed by atoms with Crippen LogP contribution in [0.4, 0.5) is 0 Å². The maximum atomic E-state index is 12.8. The van der Waals surface area contributed by atoms with Crippen LogP contribution in [0.1, 0.15) is 22.9 Å². The maximum absolute atomic E-state index is 12.8. The molecule has 1 fully saturated rings. The van der Waals surface area contributed by atoms with Gasteiger partial charge in [-0.2, -0.15) is 0 Å². The van der Waals surface area contributed by atoms with Gasteiger partial charge in [0.15, 0.2) is 0 Å². The van der Waals surface area contributed by atoms with E-state index in [1.807, 2.05) is 0 Å². The Labute approximate surface area is 165 Å². The highest BCUT2D eigenvalue weighted by Gasteiger charge is 2.47. The number of likely N-dealkylation sites (tertiary alicyclic amines) is 1. The molecule has 2 aromatic heterocycles. The largest absolute Gasteiger partial charge is 0.507 e. The molecule has 1 unspecified atom stereocenters. The van der Waals surface area contributed by atoms with E-state index in [0.717, 1.165) is 5.56 Å². The summed E-state index contributed by atoms with van der Waals surface area (Å²) < 4.78 is 5.49. The number of rotatable bonds is 4. The summed E-state index contributed by atoms with van der Waals surface area (Å²) in [5.41, 5.74) is 1.18. The summed E-state index contributed by atoms with van der Waals surface area (Å²) >= 11 is 5.90. The Bertz CT molecular complexity index is 1040. The lowest BCUT2D eigenvalue weighted by Crippen LogP contribution is -2.29. The van der Waals surface area contributed by atoms with E-state index < -0.39 is 17.7 Å². The second-order valence-electron chi connectivity index (χ2n) is 6.30. The molecular weight excluding hydrogens is 380 g/mol. The first kappa shape index (κ1) is 18.0. The van der Waals surface area contributed by atoms with E-state index in [4.69, 9.17) is 16.0 Å². The van der Waals surface area contributed by atoms with Crippen molar-refractivity contribution in [2.75, 3.05) is 0 Å². The molecule has 7 heteroatoms. The van der Waals surface area contributed by atoms with Crippen LogP contribution in [0.5, 0.6) is 0 Å². The molecule has 4 rings (SSSR count). The number of nitrogens with zero attached hydrogens (tertiary/aromatic N) is 2. The van der Waals surface area contributed by atoms with Crippen LogP contribution in [-0.2, 0) is 16.1 Å². The third-order valence-corrected chi connectivity index (χ3v) is 4.82. The molecule has 3 heterocycles. The van der Waals surface area contributed by atoms with E-state index in [9.17, 15) is 14.7 Å². The maximum Gasteiger partial charge on any atom is 0.296 e. The van der Waals surface area contributed by atoms with E-state index in [0.29, 0.717) is 16.3 Å². The lowest BCUT2D eigenvalue weighted by Gasteiger charge is -2.23. The minimum Gasteiger partial charge on any atom is -0.507 e. The molecule has 1 aliphatic rings. The van der Waals surface area contributed by atoms with Crippen molar-refractivity contribution in [2.24, 2.45) is 0 Å². The number of carbonyl (C=O) groups excluding carboxylic acids is 2. The highest BCUT2D eigenvalue weighted by atomic mass is 35.5. The Morgan fingerprint density at radius 1 is 1.11 bits per heavy atom. The number of halogens is 1. The third kappa shape index (κ3) is 3.18. The van der Waals surface area contributed by atoms with Crippen molar-refractivity contribution in [3.63, 3.8) is 0 Å². The predicted octanol–water partition coefficient (Wildman–Crippen LogP) is 3.95. The Kier molecular flexibility index (Phi) is 4.71. The van der Waals surface area contributed by atoms with E-state index in [1.54, 1.807) is 60.9 Å². The number of aliphatic hydroxyl groups is 1. The van der Waals surface area contributed by atoms with E-state index >= 15 is 0 Å². The van der Waals surface area contributed by atoms with Crippen molar-refractivity contribution in [1.29, 1.82) is 0 Å². The van der Waals surface area contributed by atoms with Crippen molar-refractivity contribution in [2.45, 2.75) is 12.6 Å². The number of benzene rings is 1. The van der Waals surface area contributed by atoms with Crippen LogP contribution in [-0.4, -0.2) is 26.7 Å². The first-order chi connectivity index (χ1) is 13.6. The molecule has 3 aromatic rings. The van der Waals surface area contributed by atoms with Crippen LogP contribution >= 0.6 is 11.6 Å². The second-order valence-corrected chi connectivity index (χ2v) is 6.74. The zero-order valence-corrected chi connectivity index (χ0v) is 15.3. The Morgan fingerprint density at radius 3 is 2.46 bits per heavy atom. The topological polar surface area (TPSA) is 83.6 Å². The molecule has 1 saturated heterocycles. The van der Waals surface area contributed by atoms with Crippen molar-refractivity contribution in [3.05, 3.63) is 94.7 Å². The zero-order chi connectivity index (χ0) is 19.7. The molecule has 1 N–H and O–H groups in total. The van der Waals surface area contributed by atoms with Crippen LogP contribution in [0.3, 0.4) is 0 Å². The van der Waals surface area contributed by atoms with Gasteiger partial charge in [0, 0.05) is 29.5 Å². The van der Waals surface area contributed by atoms with Gasteiger partial charge in [0.25, 0.3) is 11.7 Å². The number of ketones is 1. The second kappa shape index (κ2) is 7.32. The summed E-state index contributed by atoms with van der Waals surface area (Å²) in [4.78, 5) is 30.9. The number of hydrogen-bond donors (Lipinski definition) is 1. The normalized spacial score (nSPS) is 18.6. The Hall–Kier alpha value is -3.38. The van der Waals surface area contributed by atoms with Gasteiger partial charge in [0.2, 0.25) is 0 Å². The van der Waals surface area contributed by atoms with Crippen LogP contribution < -0.4 is 0 Å². The minimum atomic E-state index is -0.834. The molecule has 140 valence electrons. The van der Waals surface area contributed by atoms with Crippen LogP contribution in [0.2, 0.25) is 5.02 Å². The number of aliphatic hydroxyl groups excluding tert-OH is 1. The average Bonchev–Trinajstić information content (AvgIpc) is 3.32. The number of amides is 1. The molecule has 1 atom stereocenters. The molecule has 0 bridgehead atoms. The molecular formula is C21H15ClN2O4. The van der Waals surface area contributed by atoms with Gasteiger partial charge in [-0.1, -0.05) is 11.6 Å². The smallest absolute Gasteiger partial charge is 0.296 e. The Balaban J connectivity index is 1.83. The number of furan rings is 1. The van der Waals surface area contributed by atoms with Gasteiger partial charge in [-0.05, 0) is 54.1 Å². The predicted molar refractivity (Wildman–Crippen MR) is 102 cm³/mol. The zero-order valence-electron chi connectivity index (χ0n) is 14.6. The molecule has 0 spiro atoms. The molecule has 0 saturated carbocycles. The first-order valence-corrected chi connectivity index (χ1v) is 8.90. The standard InChI is InChI=1S/C21H15ClN2O4/c22-15-5-3-14(4-6-15)19(25)17-18(16-2-1-11-28-16)24(21(27)20(17)26)12-13-7-9-23-10-8-13/h1-11,18,25H,12H2/b19-17-. The third-order valence-electron chi connectivity index (χ3n) is 4.57. The first-order valence-electron chi connectivity index (χ1n) is 8.53. The van der Waals surface area contributed by atoms with Crippen LogP contribution in [0.25, 0.3) is 5.76 Å². The summed E-state index contributed by atoms with van der Waals surface area (Å²) in [6, 6.07) is 12.4. The SMILES string of the molecule is O=C1C(=O)N(Cc2ccncc2)C(c2ccco2)/C1=C(/O)c1ccc(Cl)cc1. The van der Waals surface area contributed by atoms with Crippen molar-refractivity contribution in [3.8, 4) is 0 Å². The molecule has 6 nitrogen and oxygen atoms in total. The Morgan fingerprint density at radius 2 is 1.82 bits per heavy atom. The van der Waals surface area contributed by atoms with Gasteiger partial charge in [0.05, 0.1) is 11.8 Å². The quantitative estimate of drug-likeness (QED) is 0.411. The minimum absolute atomic E-state index is 0.0173. The number of carbonyl (C=O) groups is 2. The van der Waals surface area contributed by atoms with Gasteiger partial charge >= 0.3 is 0 Å². The summed E-state index contributed by atoms with van der Waals surface area (Å²) in [7, 11) is 0. The monoisotopic (exact) mass is 394 g/mol. The van der Waals surface area contributed by atoms with E-state index in [-0.39, 0.29) is 17.9 Å². The fourth-order valence-corrected chi connectivity index (χ4v) is 3.36. The van der Waals surface area contributed by atoms with E-state index in [1.165, 1.54) is 11.2 Å². The van der Waals surface area contributed by atoms with Gasteiger partial charge in [-0.3, -0.25) is 14.6 Å². The molecule has 1 amide bonds. The number of Topliss-reactive ketones (excluding diaryl/α,β-unsaturated/α-hetero) is 1. The average molecular weight is 395 g/mol. The van der Waals surface area contributed by atoms with E-state index in [2.05, 4.69) is 4.98 Å². The molecule has 1 aromatic carbocycles. The highest BCUT2D eigenvalue weighted by molar-refractivity contribution is 6.46. The molecule has 0 radical (unpaired) electrons. The molecule has 0 aliphatic carbocycles. The number of pyridine rings is 1. The van der Waals surface area contributed by atoms with Crippen molar-refractivity contribution >= 4 is 29.1 Å². The van der Waals surface area contributed by atoms with Gasteiger partial charge < -0.3 is 14.4 Å². The highest BCUT2D eigenvalue weighted by Crippen LogP contribution is 2.40. The summed E-state index contributed by atoms with van der Waals surface area (Å²) in [5.74, 6) is -1.34. The molecule has 1 aliphatic heterocycles. The fourth-order valence-electron chi connectivity index (χ4n) is 3.23. The lowest BCUT2D eigenvalue weighted by molar-refractivity contribution is -0.140.